The Morgan fingerprint density at radius 3 is 3.00 bits per heavy atom. The fraction of sp³-hybridized carbons (Fsp3) is 0.385. The minimum atomic E-state index is -0.583. The van der Waals surface area contributed by atoms with Crippen molar-refractivity contribution in [3.8, 4) is 6.07 Å². The van der Waals surface area contributed by atoms with Crippen molar-refractivity contribution in [2.24, 2.45) is 0 Å². The highest BCUT2D eigenvalue weighted by molar-refractivity contribution is 5.98. The van der Waals surface area contributed by atoms with Crippen LogP contribution >= 0.6 is 0 Å². The van der Waals surface area contributed by atoms with Gasteiger partial charge in [0.05, 0.1) is 11.1 Å². The largest absolute Gasteiger partial charge is 0.324 e. The molecule has 1 fully saturated rings. The summed E-state index contributed by atoms with van der Waals surface area (Å²) < 4.78 is 13.1. The summed E-state index contributed by atoms with van der Waals surface area (Å²) in [6, 6.07) is 5.71. The fourth-order valence-corrected chi connectivity index (χ4v) is 2.05. The first-order valence-electron chi connectivity index (χ1n) is 5.81. The van der Waals surface area contributed by atoms with Gasteiger partial charge in [-0.25, -0.2) is 4.39 Å². The smallest absolute Gasteiger partial charge is 0.244 e. The van der Waals surface area contributed by atoms with Gasteiger partial charge in [0, 0.05) is 5.69 Å². The van der Waals surface area contributed by atoms with Crippen molar-refractivity contribution < 1.29 is 9.18 Å². The van der Waals surface area contributed by atoms with Crippen LogP contribution in [0.1, 0.15) is 25.3 Å². The maximum atomic E-state index is 13.1. The molecule has 5 heteroatoms. The Labute approximate surface area is 105 Å². The second kappa shape index (κ2) is 4.75. The van der Waals surface area contributed by atoms with E-state index in [1.54, 1.807) is 6.07 Å². The molecular formula is C13H14FN3O. The number of carbonyl (C=O) groups is 1. The summed E-state index contributed by atoms with van der Waals surface area (Å²) in [6.07, 6.45) is 1.72. The number of nitrogens with one attached hydrogen (secondary N) is 2. The summed E-state index contributed by atoms with van der Waals surface area (Å²) in [4.78, 5) is 12.1. The molecule has 1 aromatic rings. The Hall–Kier alpha value is -1.93. The number of rotatable bonds is 2. The van der Waals surface area contributed by atoms with E-state index in [0.29, 0.717) is 5.69 Å². The number of halogens is 1. The monoisotopic (exact) mass is 247 g/mol. The van der Waals surface area contributed by atoms with E-state index in [9.17, 15) is 9.18 Å². The van der Waals surface area contributed by atoms with E-state index in [-0.39, 0.29) is 11.5 Å². The number of carbonyl (C=O) groups excluding carboxylic acids is 1. The molecule has 0 saturated carbocycles. The van der Waals surface area contributed by atoms with Crippen molar-refractivity contribution >= 4 is 11.6 Å². The van der Waals surface area contributed by atoms with Crippen molar-refractivity contribution in [1.82, 2.24) is 5.32 Å². The molecule has 94 valence electrons. The highest BCUT2D eigenvalue weighted by Crippen LogP contribution is 2.21. The Bertz CT molecular complexity index is 515. The molecule has 1 amide bonds. The SMILES string of the molecule is CC1(C(=O)Nc2ccc(F)c(C#N)c2)CCCN1. The normalized spacial score (nSPS) is 22.5. The van der Waals surface area contributed by atoms with E-state index in [4.69, 9.17) is 5.26 Å². The molecule has 1 unspecified atom stereocenters. The highest BCUT2D eigenvalue weighted by Gasteiger charge is 2.35. The van der Waals surface area contributed by atoms with E-state index < -0.39 is 11.4 Å². The summed E-state index contributed by atoms with van der Waals surface area (Å²) in [5, 5.41) is 14.6. The molecule has 0 spiro atoms. The van der Waals surface area contributed by atoms with Crippen LogP contribution in [-0.2, 0) is 4.79 Å². The van der Waals surface area contributed by atoms with Crippen molar-refractivity contribution in [3.63, 3.8) is 0 Å². The van der Waals surface area contributed by atoms with Crippen LogP contribution in [0.3, 0.4) is 0 Å². The summed E-state index contributed by atoms with van der Waals surface area (Å²) >= 11 is 0. The molecule has 0 aromatic heterocycles. The summed E-state index contributed by atoms with van der Waals surface area (Å²) in [5.74, 6) is -0.740. The third-order valence-corrected chi connectivity index (χ3v) is 3.21. The topological polar surface area (TPSA) is 64.9 Å². The molecule has 1 aliphatic rings. The lowest BCUT2D eigenvalue weighted by Crippen LogP contribution is -2.47. The molecular weight excluding hydrogens is 233 g/mol. The molecule has 0 bridgehead atoms. The van der Waals surface area contributed by atoms with E-state index in [1.165, 1.54) is 18.2 Å². The Morgan fingerprint density at radius 2 is 2.39 bits per heavy atom. The third kappa shape index (κ3) is 2.34. The van der Waals surface area contributed by atoms with Crippen LogP contribution in [0.25, 0.3) is 0 Å². The summed E-state index contributed by atoms with van der Waals surface area (Å²) in [7, 11) is 0. The number of hydrogen-bond acceptors (Lipinski definition) is 3. The van der Waals surface area contributed by atoms with Crippen molar-refractivity contribution in [3.05, 3.63) is 29.6 Å². The number of nitrogens with zero attached hydrogens (tertiary/aromatic N) is 1. The van der Waals surface area contributed by atoms with Crippen LogP contribution in [0.2, 0.25) is 0 Å². The first kappa shape index (κ1) is 12.5. The molecule has 1 aromatic carbocycles. The van der Waals surface area contributed by atoms with Gasteiger partial charge in [-0.1, -0.05) is 0 Å². The Morgan fingerprint density at radius 1 is 1.61 bits per heavy atom. The zero-order valence-corrected chi connectivity index (χ0v) is 10.1. The fourth-order valence-electron chi connectivity index (χ4n) is 2.05. The lowest BCUT2D eigenvalue weighted by atomic mass is 9.99. The molecule has 1 saturated heterocycles. The Balaban J connectivity index is 2.15. The van der Waals surface area contributed by atoms with Gasteiger partial charge in [0.1, 0.15) is 11.9 Å². The van der Waals surface area contributed by atoms with E-state index >= 15 is 0 Å². The van der Waals surface area contributed by atoms with Crippen molar-refractivity contribution in [1.29, 1.82) is 5.26 Å². The lowest BCUT2D eigenvalue weighted by molar-refractivity contribution is -0.121. The van der Waals surface area contributed by atoms with Crippen LogP contribution in [0.5, 0.6) is 0 Å². The van der Waals surface area contributed by atoms with E-state index in [2.05, 4.69) is 10.6 Å². The molecule has 0 radical (unpaired) electrons. The van der Waals surface area contributed by atoms with E-state index in [1.807, 2.05) is 6.92 Å². The first-order valence-corrected chi connectivity index (χ1v) is 5.81. The zero-order valence-electron chi connectivity index (χ0n) is 10.1. The zero-order chi connectivity index (χ0) is 13.2. The minimum absolute atomic E-state index is 0.0719. The van der Waals surface area contributed by atoms with Gasteiger partial charge >= 0.3 is 0 Å². The molecule has 2 N–H and O–H groups in total. The Kier molecular flexibility index (Phi) is 3.30. The number of anilines is 1. The van der Waals surface area contributed by atoms with Gasteiger partial charge in [-0.2, -0.15) is 5.26 Å². The molecule has 1 heterocycles. The third-order valence-electron chi connectivity index (χ3n) is 3.21. The second-order valence-corrected chi connectivity index (χ2v) is 4.62. The first-order chi connectivity index (χ1) is 8.55. The van der Waals surface area contributed by atoms with Crippen LogP contribution < -0.4 is 10.6 Å². The van der Waals surface area contributed by atoms with E-state index in [0.717, 1.165) is 19.4 Å². The van der Waals surface area contributed by atoms with Gasteiger partial charge in [-0.3, -0.25) is 4.79 Å². The molecule has 1 atom stereocenters. The average molecular weight is 247 g/mol. The van der Waals surface area contributed by atoms with Crippen LogP contribution in [-0.4, -0.2) is 18.0 Å². The molecule has 1 aliphatic heterocycles. The molecule has 2 rings (SSSR count). The van der Waals surface area contributed by atoms with Crippen LogP contribution in [0.15, 0.2) is 18.2 Å². The van der Waals surface area contributed by atoms with Gasteiger partial charge < -0.3 is 10.6 Å². The lowest BCUT2D eigenvalue weighted by Gasteiger charge is -2.23. The quantitative estimate of drug-likeness (QED) is 0.837. The standard InChI is InChI=1S/C13H14FN3O/c1-13(5-2-6-16-13)12(18)17-10-3-4-11(14)9(7-10)8-15/h3-4,7,16H,2,5-6H2,1H3,(H,17,18). The molecule has 18 heavy (non-hydrogen) atoms. The van der Waals surface area contributed by atoms with Gasteiger partial charge in [0.25, 0.3) is 0 Å². The van der Waals surface area contributed by atoms with Gasteiger partial charge in [0.15, 0.2) is 0 Å². The number of nitriles is 1. The summed E-state index contributed by atoms with van der Waals surface area (Å²) in [5.41, 5.74) is -0.216. The van der Waals surface area contributed by atoms with Crippen molar-refractivity contribution in [2.75, 3.05) is 11.9 Å². The predicted octanol–water partition coefficient (Wildman–Crippen LogP) is 1.78. The summed E-state index contributed by atoms with van der Waals surface area (Å²) in [6.45, 7) is 2.65. The highest BCUT2D eigenvalue weighted by atomic mass is 19.1. The average Bonchev–Trinajstić information content (AvgIpc) is 2.80. The van der Waals surface area contributed by atoms with Crippen LogP contribution in [0.4, 0.5) is 10.1 Å². The van der Waals surface area contributed by atoms with Gasteiger partial charge in [-0.15, -0.1) is 0 Å². The van der Waals surface area contributed by atoms with Gasteiger partial charge in [-0.05, 0) is 44.5 Å². The van der Waals surface area contributed by atoms with Crippen LogP contribution in [0, 0.1) is 17.1 Å². The maximum absolute atomic E-state index is 13.1. The maximum Gasteiger partial charge on any atom is 0.244 e. The van der Waals surface area contributed by atoms with Crippen molar-refractivity contribution in [2.45, 2.75) is 25.3 Å². The number of amides is 1. The molecule has 0 aliphatic carbocycles. The van der Waals surface area contributed by atoms with Gasteiger partial charge in [0.2, 0.25) is 5.91 Å². The number of hydrogen-bond donors (Lipinski definition) is 2. The molecule has 4 nitrogen and oxygen atoms in total. The predicted molar refractivity (Wildman–Crippen MR) is 65.4 cm³/mol. The number of benzene rings is 1. The second-order valence-electron chi connectivity index (χ2n) is 4.62. The minimum Gasteiger partial charge on any atom is -0.324 e.